The van der Waals surface area contributed by atoms with E-state index in [0.717, 1.165) is 50.9 Å². The first-order chi connectivity index (χ1) is 9.35. The summed E-state index contributed by atoms with van der Waals surface area (Å²) in [4.78, 5) is 6.82. The molecule has 1 unspecified atom stereocenters. The maximum Gasteiger partial charge on any atom is 0.191 e. The number of guanidine groups is 1. The van der Waals surface area contributed by atoms with Crippen molar-refractivity contribution in [2.24, 2.45) is 4.99 Å². The minimum absolute atomic E-state index is 0. The zero-order chi connectivity index (χ0) is 13.5. The maximum atomic E-state index is 5.58. The third-order valence-corrected chi connectivity index (χ3v) is 3.48. The Balaban J connectivity index is 0.00000200. The lowest BCUT2D eigenvalue weighted by Gasteiger charge is -2.29. The highest BCUT2D eigenvalue weighted by atomic mass is 127. The molecule has 0 bridgehead atoms. The molecule has 1 atom stereocenters. The van der Waals surface area contributed by atoms with Gasteiger partial charge in [-0.25, -0.2) is 0 Å². The van der Waals surface area contributed by atoms with Crippen molar-refractivity contribution in [3.63, 3.8) is 0 Å². The number of aliphatic imine (C=N–C) groups is 1. The first kappa shape index (κ1) is 17.3. The van der Waals surface area contributed by atoms with Crippen LogP contribution >= 0.6 is 24.0 Å². The number of furan rings is 1. The van der Waals surface area contributed by atoms with E-state index < -0.39 is 0 Å². The minimum atomic E-state index is 0. The normalized spacial score (nSPS) is 16.1. The summed E-state index contributed by atoms with van der Waals surface area (Å²) in [5, 5.41) is 6.68. The highest BCUT2D eigenvalue weighted by molar-refractivity contribution is 14.0. The van der Waals surface area contributed by atoms with Gasteiger partial charge in [-0.05, 0) is 31.6 Å². The predicted octanol–water partition coefficient (Wildman–Crippen LogP) is 2.22. The van der Waals surface area contributed by atoms with Gasteiger partial charge in [0.1, 0.15) is 5.76 Å². The Hall–Kier alpha value is -0.760. The van der Waals surface area contributed by atoms with Crippen molar-refractivity contribution in [1.82, 2.24) is 15.5 Å². The first-order valence-electron chi connectivity index (χ1n) is 7.14. The fraction of sp³-hybridized carbons (Fsp3) is 0.643. The second-order valence-electron chi connectivity index (χ2n) is 4.64. The molecule has 1 aliphatic heterocycles. The van der Waals surface area contributed by atoms with Crippen molar-refractivity contribution in [2.45, 2.75) is 26.3 Å². The molecular formula is C14H25IN4O. The smallest absolute Gasteiger partial charge is 0.191 e. The van der Waals surface area contributed by atoms with E-state index in [1.54, 1.807) is 6.26 Å². The van der Waals surface area contributed by atoms with E-state index in [1.165, 1.54) is 0 Å². The summed E-state index contributed by atoms with van der Waals surface area (Å²) in [6.45, 7) is 9.08. The van der Waals surface area contributed by atoms with Gasteiger partial charge in [-0.2, -0.15) is 0 Å². The van der Waals surface area contributed by atoms with Crippen LogP contribution in [0.1, 0.15) is 32.1 Å². The van der Waals surface area contributed by atoms with Crippen LogP contribution in [0.5, 0.6) is 0 Å². The molecule has 5 nitrogen and oxygen atoms in total. The van der Waals surface area contributed by atoms with E-state index >= 15 is 0 Å². The van der Waals surface area contributed by atoms with Crippen LogP contribution in [0.15, 0.2) is 27.8 Å². The van der Waals surface area contributed by atoms with Gasteiger partial charge in [-0.15, -0.1) is 24.0 Å². The number of rotatable bonds is 6. The Labute approximate surface area is 138 Å². The van der Waals surface area contributed by atoms with Crippen LogP contribution < -0.4 is 10.6 Å². The van der Waals surface area contributed by atoms with Gasteiger partial charge in [0.2, 0.25) is 0 Å². The van der Waals surface area contributed by atoms with Crippen molar-refractivity contribution in [3.05, 3.63) is 24.2 Å². The number of hydrogen-bond acceptors (Lipinski definition) is 5. The fourth-order valence-corrected chi connectivity index (χ4v) is 2.40. The van der Waals surface area contributed by atoms with Crippen LogP contribution in [-0.4, -0.2) is 43.6 Å². The summed E-state index contributed by atoms with van der Waals surface area (Å²) in [7, 11) is 0. The molecule has 6 heteroatoms. The fourth-order valence-electron chi connectivity index (χ4n) is 2.40. The molecule has 114 valence electrons. The van der Waals surface area contributed by atoms with E-state index in [2.05, 4.69) is 34.4 Å². The molecular weight excluding hydrogens is 367 g/mol. The Kier molecular flexibility index (Phi) is 7.98. The summed E-state index contributed by atoms with van der Waals surface area (Å²) in [5.74, 6) is 1.92. The molecule has 0 fully saturated rings. The van der Waals surface area contributed by atoms with E-state index in [-0.39, 0.29) is 30.0 Å². The van der Waals surface area contributed by atoms with Gasteiger partial charge >= 0.3 is 0 Å². The number of hydrogen-bond donors (Lipinski definition) is 2. The molecule has 0 amide bonds. The maximum absolute atomic E-state index is 5.58. The molecule has 2 heterocycles. The molecule has 2 N–H and O–H groups in total. The number of likely N-dealkylation sites (N-methyl/N-ethyl adjacent to an activating group) is 1. The zero-order valence-electron chi connectivity index (χ0n) is 12.3. The van der Waals surface area contributed by atoms with Gasteiger partial charge in [-0.3, -0.25) is 9.89 Å². The highest BCUT2D eigenvalue weighted by Gasteiger charge is 2.21. The average Bonchev–Trinajstić information content (AvgIpc) is 2.98. The van der Waals surface area contributed by atoms with Crippen molar-refractivity contribution in [1.29, 1.82) is 0 Å². The third-order valence-electron chi connectivity index (χ3n) is 3.48. The average molecular weight is 392 g/mol. The topological polar surface area (TPSA) is 52.8 Å². The van der Waals surface area contributed by atoms with Gasteiger partial charge < -0.3 is 15.1 Å². The van der Waals surface area contributed by atoms with E-state index in [1.807, 2.05) is 12.1 Å². The summed E-state index contributed by atoms with van der Waals surface area (Å²) < 4.78 is 5.58. The second kappa shape index (κ2) is 9.23. The Morgan fingerprint density at radius 2 is 2.25 bits per heavy atom. The van der Waals surface area contributed by atoms with Crippen LogP contribution in [0.3, 0.4) is 0 Å². The van der Waals surface area contributed by atoms with Gasteiger partial charge in [0.15, 0.2) is 5.96 Å². The lowest BCUT2D eigenvalue weighted by Crippen LogP contribution is -2.45. The summed E-state index contributed by atoms with van der Waals surface area (Å²) in [6.07, 6.45) is 2.85. The molecule has 1 aromatic heterocycles. The van der Waals surface area contributed by atoms with Gasteiger partial charge in [0.25, 0.3) is 0 Å². The molecule has 0 saturated heterocycles. The largest absolute Gasteiger partial charge is 0.468 e. The van der Waals surface area contributed by atoms with Gasteiger partial charge in [0, 0.05) is 19.6 Å². The third kappa shape index (κ3) is 4.66. The SMILES string of the molecule is CCN(CC)C(CNC1=NCCCN1)c1ccco1.I. The highest BCUT2D eigenvalue weighted by Crippen LogP contribution is 2.20. The lowest BCUT2D eigenvalue weighted by molar-refractivity contribution is 0.193. The number of nitrogens with zero attached hydrogens (tertiary/aromatic N) is 2. The van der Waals surface area contributed by atoms with E-state index in [4.69, 9.17) is 4.42 Å². The molecule has 1 aliphatic rings. The van der Waals surface area contributed by atoms with Crippen LogP contribution in [0.4, 0.5) is 0 Å². The minimum Gasteiger partial charge on any atom is -0.468 e. The Morgan fingerprint density at radius 1 is 1.45 bits per heavy atom. The quantitative estimate of drug-likeness (QED) is 0.730. The molecule has 0 aromatic carbocycles. The van der Waals surface area contributed by atoms with Gasteiger partial charge in [0.05, 0.1) is 12.3 Å². The summed E-state index contributed by atoms with van der Waals surface area (Å²) in [5.41, 5.74) is 0. The molecule has 1 aromatic rings. The monoisotopic (exact) mass is 392 g/mol. The van der Waals surface area contributed by atoms with Gasteiger partial charge in [-0.1, -0.05) is 13.8 Å². The van der Waals surface area contributed by atoms with Crippen molar-refractivity contribution >= 4 is 29.9 Å². The van der Waals surface area contributed by atoms with Crippen molar-refractivity contribution < 1.29 is 4.42 Å². The van der Waals surface area contributed by atoms with Crippen LogP contribution in [-0.2, 0) is 0 Å². The molecule has 0 spiro atoms. The van der Waals surface area contributed by atoms with Crippen LogP contribution in [0, 0.1) is 0 Å². The standard InChI is InChI=1S/C14H24N4O.HI/c1-3-18(4-2)12(13-7-5-10-19-13)11-17-14-15-8-6-9-16-14;/h5,7,10,12H,3-4,6,8-9,11H2,1-2H3,(H2,15,16,17);1H. The number of nitrogens with one attached hydrogen (secondary N) is 2. The predicted molar refractivity (Wildman–Crippen MR) is 92.7 cm³/mol. The number of halogens is 1. The molecule has 0 saturated carbocycles. The van der Waals surface area contributed by atoms with Crippen LogP contribution in [0.25, 0.3) is 0 Å². The lowest BCUT2D eigenvalue weighted by atomic mass is 10.2. The van der Waals surface area contributed by atoms with Crippen molar-refractivity contribution in [2.75, 3.05) is 32.7 Å². The first-order valence-corrected chi connectivity index (χ1v) is 7.14. The second-order valence-corrected chi connectivity index (χ2v) is 4.64. The van der Waals surface area contributed by atoms with E-state index in [0.29, 0.717) is 0 Å². The Morgan fingerprint density at radius 3 is 2.80 bits per heavy atom. The molecule has 2 rings (SSSR count). The molecule has 20 heavy (non-hydrogen) atoms. The summed E-state index contributed by atoms with van der Waals surface area (Å²) in [6, 6.07) is 4.24. The van der Waals surface area contributed by atoms with Crippen LogP contribution in [0.2, 0.25) is 0 Å². The molecule has 0 aliphatic carbocycles. The van der Waals surface area contributed by atoms with Crippen molar-refractivity contribution in [3.8, 4) is 0 Å². The summed E-state index contributed by atoms with van der Waals surface area (Å²) >= 11 is 0. The molecule has 0 radical (unpaired) electrons. The zero-order valence-corrected chi connectivity index (χ0v) is 14.6. The Bertz CT molecular complexity index is 390. The van der Waals surface area contributed by atoms with E-state index in [9.17, 15) is 0 Å².